The van der Waals surface area contributed by atoms with Gasteiger partial charge in [0.15, 0.2) is 0 Å². The van der Waals surface area contributed by atoms with E-state index in [2.05, 4.69) is 11.4 Å². The van der Waals surface area contributed by atoms with Crippen LogP contribution >= 0.6 is 11.8 Å². The van der Waals surface area contributed by atoms with Crippen molar-refractivity contribution in [2.75, 3.05) is 16.8 Å². The van der Waals surface area contributed by atoms with E-state index in [0.29, 0.717) is 17.9 Å². The summed E-state index contributed by atoms with van der Waals surface area (Å²) in [6.07, 6.45) is 0.488. The second-order valence-corrected chi connectivity index (χ2v) is 4.93. The standard InChI is InChI=1S/C13H16N2OS/c1-10-4-5-11(2)12(8-10)15-13(16)9-17-7-3-6-14/h4-5,8H,3,7,9H2,1-2H3,(H,15,16). The first-order valence-electron chi connectivity index (χ1n) is 5.45. The molecule has 3 nitrogen and oxygen atoms in total. The summed E-state index contributed by atoms with van der Waals surface area (Å²) in [7, 11) is 0. The molecule has 17 heavy (non-hydrogen) atoms. The van der Waals surface area contributed by atoms with Crippen molar-refractivity contribution in [3.05, 3.63) is 29.3 Å². The number of hydrogen-bond donors (Lipinski definition) is 1. The molecule has 1 amide bonds. The zero-order valence-electron chi connectivity index (χ0n) is 10.1. The second kappa shape index (κ2) is 6.97. The van der Waals surface area contributed by atoms with Gasteiger partial charge in [0.1, 0.15) is 0 Å². The van der Waals surface area contributed by atoms with Gasteiger partial charge in [-0.3, -0.25) is 4.79 Å². The van der Waals surface area contributed by atoms with Crippen LogP contribution in [0.3, 0.4) is 0 Å². The first kappa shape index (κ1) is 13.6. The Labute approximate surface area is 106 Å². The highest BCUT2D eigenvalue weighted by molar-refractivity contribution is 7.99. The highest BCUT2D eigenvalue weighted by Gasteiger charge is 2.04. The molecular weight excluding hydrogens is 232 g/mol. The van der Waals surface area contributed by atoms with Crippen LogP contribution in [0.1, 0.15) is 17.5 Å². The fourth-order valence-corrected chi connectivity index (χ4v) is 1.98. The minimum Gasteiger partial charge on any atom is -0.325 e. The summed E-state index contributed by atoms with van der Waals surface area (Å²) < 4.78 is 0. The molecule has 0 heterocycles. The van der Waals surface area contributed by atoms with Crippen LogP contribution in [0.15, 0.2) is 18.2 Å². The smallest absolute Gasteiger partial charge is 0.234 e. The van der Waals surface area contributed by atoms with Crippen LogP contribution in [-0.4, -0.2) is 17.4 Å². The number of carbonyl (C=O) groups excluding carboxylic acids is 1. The highest BCUT2D eigenvalue weighted by Crippen LogP contribution is 2.16. The van der Waals surface area contributed by atoms with Crippen LogP contribution in [-0.2, 0) is 4.79 Å². The summed E-state index contributed by atoms with van der Waals surface area (Å²) >= 11 is 1.48. The molecule has 0 saturated carbocycles. The maximum absolute atomic E-state index is 11.6. The van der Waals surface area contributed by atoms with E-state index in [-0.39, 0.29) is 5.91 Å². The molecular formula is C13H16N2OS. The molecule has 0 fully saturated rings. The van der Waals surface area contributed by atoms with Gasteiger partial charge in [-0.1, -0.05) is 12.1 Å². The van der Waals surface area contributed by atoms with Gasteiger partial charge in [-0.2, -0.15) is 17.0 Å². The average Bonchev–Trinajstić information content (AvgIpc) is 2.29. The Morgan fingerprint density at radius 1 is 1.47 bits per heavy atom. The van der Waals surface area contributed by atoms with Crippen LogP contribution < -0.4 is 5.32 Å². The molecule has 0 radical (unpaired) electrons. The highest BCUT2D eigenvalue weighted by atomic mass is 32.2. The summed E-state index contributed by atoms with van der Waals surface area (Å²) in [5, 5.41) is 11.3. The van der Waals surface area contributed by atoms with E-state index >= 15 is 0 Å². The summed E-state index contributed by atoms with van der Waals surface area (Å²) in [5.74, 6) is 1.09. The van der Waals surface area contributed by atoms with E-state index in [1.807, 2.05) is 32.0 Å². The Morgan fingerprint density at radius 2 is 2.24 bits per heavy atom. The Kier molecular flexibility index (Phi) is 5.58. The van der Waals surface area contributed by atoms with Crippen LogP contribution in [0, 0.1) is 25.2 Å². The van der Waals surface area contributed by atoms with Crippen molar-refractivity contribution in [3.8, 4) is 6.07 Å². The fraction of sp³-hybridized carbons (Fsp3) is 0.385. The van der Waals surface area contributed by atoms with E-state index in [1.54, 1.807) is 0 Å². The Hall–Kier alpha value is -1.47. The zero-order valence-corrected chi connectivity index (χ0v) is 10.9. The molecule has 1 aromatic rings. The molecule has 0 spiro atoms. The third kappa shape index (κ3) is 4.92. The molecule has 0 aliphatic heterocycles. The van der Waals surface area contributed by atoms with Gasteiger partial charge in [-0.15, -0.1) is 0 Å². The van der Waals surface area contributed by atoms with E-state index in [4.69, 9.17) is 5.26 Å². The lowest BCUT2D eigenvalue weighted by atomic mass is 10.1. The summed E-state index contributed by atoms with van der Waals surface area (Å²) in [5.41, 5.74) is 3.06. The number of hydrogen-bond acceptors (Lipinski definition) is 3. The molecule has 0 unspecified atom stereocenters. The maximum atomic E-state index is 11.6. The number of benzene rings is 1. The predicted octanol–water partition coefficient (Wildman–Crippen LogP) is 2.89. The van der Waals surface area contributed by atoms with Crippen LogP contribution in [0.25, 0.3) is 0 Å². The number of nitriles is 1. The number of carbonyl (C=O) groups is 1. The first-order chi connectivity index (χ1) is 8.13. The molecule has 0 atom stereocenters. The SMILES string of the molecule is Cc1ccc(C)c(NC(=O)CSCCC#N)c1. The van der Waals surface area contributed by atoms with Gasteiger partial charge in [0.05, 0.1) is 11.8 Å². The zero-order chi connectivity index (χ0) is 12.7. The number of anilines is 1. The largest absolute Gasteiger partial charge is 0.325 e. The molecule has 0 saturated heterocycles. The van der Waals surface area contributed by atoms with Crippen molar-refractivity contribution >= 4 is 23.4 Å². The van der Waals surface area contributed by atoms with Gasteiger partial charge in [-0.25, -0.2) is 0 Å². The minimum atomic E-state index is -0.0124. The second-order valence-electron chi connectivity index (χ2n) is 3.83. The molecule has 1 aromatic carbocycles. The lowest BCUT2D eigenvalue weighted by Crippen LogP contribution is -2.15. The number of nitrogens with one attached hydrogen (secondary N) is 1. The molecule has 0 aliphatic rings. The Morgan fingerprint density at radius 3 is 2.94 bits per heavy atom. The first-order valence-corrected chi connectivity index (χ1v) is 6.60. The Bertz CT molecular complexity index is 438. The van der Waals surface area contributed by atoms with Crippen molar-refractivity contribution in [1.82, 2.24) is 0 Å². The fourth-order valence-electron chi connectivity index (χ4n) is 1.34. The molecule has 0 bridgehead atoms. The van der Waals surface area contributed by atoms with Crippen molar-refractivity contribution in [1.29, 1.82) is 5.26 Å². The van der Waals surface area contributed by atoms with Crippen molar-refractivity contribution < 1.29 is 4.79 Å². The van der Waals surface area contributed by atoms with Crippen molar-refractivity contribution in [2.24, 2.45) is 0 Å². The third-order valence-electron chi connectivity index (χ3n) is 2.26. The number of aryl methyl sites for hydroxylation is 2. The topological polar surface area (TPSA) is 52.9 Å². The van der Waals surface area contributed by atoms with Gasteiger partial charge in [0, 0.05) is 17.9 Å². The van der Waals surface area contributed by atoms with Crippen molar-refractivity contribution in [3.63, 3.8) is 0 Å². The van der Waals surface area contributed by atoms with E-state index < -0.39 is 0 Å². The van der Waals surface area contributed by atoms with Gasteiger partial charge >= 0.3 is 0 Å². The molecule has 1 N–H and O–H groups in total. The Balaban J connectivity index is 2.45. The number of amides is 1. The van der Waals surface area contributed by atoms with E-state index in [9.17, 15) is 4.79 Å². The van der Waals surface area contributed by atoms with Crippen LogP contribution in [0.5, 0.6) is 0 Å². The quantitative estimate of drug-likeness (QED) is 0.815. The summed E-state index contributed by atoms with van der Waals surface area (Å²) in [6, 6.07) is 8.03. The van der Waals surface area contributed by atoms with Crippen LogP contribution in [0.2, 0.25) is 0 Å². The number of thioether (sulfide) groups is 1. The maximum Gasteiger partial charge on any atom is 0.234 e. The molecule has 0 aliphatic carbocycles. The molecule has 0 aromatic heterocycles. The van der Waals surface area contributed by atoms with Crippen molar-refractivity contribution in [2.45, 2.75) is 20.3 Å². The van der Waals surface area contributed by atoms with E-state index in [1.165, 1.54) is 11.8 Å². The lowest BCUT2D eigenvalue weighted by Gasteiger charge is -2.08. The predicted molar refractivity (Wildman–Crippen MR) is 72.1 cm³/mol. The minimum absolute atomic E-state index is 0.0124. The average molecular weight is 248 g/mol. The lowest BCUT2D eigenvalue weighted by molar-refractivity contribution is -0.113. The number of rotatable bonds is 5. The van der Waals surface area contributed by atoms with Gasteiger partial charge < -0.3 is 5.32 Å². The summed E-state index contributed by atoms with van der Waals surface area (Å²) in [4.78, 5) is 11.6. The van der Waals surface area contributed by atoms with Gasteiger partial charge in [-0.05, 0) is 31.0 Å². The number of nitrogens with zero attached hydrogens (tertiary/aromatic N) is 1. The van der Waals surface area contributed by atoms with E-state index in [0.717, 1.165) is 16.8 Å². The van der Waals surface area contributed by atoms with Gasteiger partial charge in [0.2, 0.25) is 5.91 Å². The molecule has 1 rings (SSSR count). The molecule has 4 heteroatoms. The monoisotopic (exact) mass is 248 g/mol. The third-order valence-corrected chi connectivity index (χ3v) is 3.22. The normalized spacial score (nSPS) is 9.71. The van der Waals surface area contributed by atoms with Gasteiger partial charge in [0.25, 0.3) is 0 Å². The summed E-state index contributed by atoms with van der Waals surface area (Å²) in [6.45, 7) is 3.97. The van der Waals surface area contributed by atoms with Crippen LogP contribution in [0.4, 0.5) is 5.69 Å². The molecule has 90 valence electrons.